The Labute approximate surface area is 145 Å². The third-order valence-corrected chi connectivity index (χ3v) is 3.82. The van der Waals surface area contributed by atoms with E-state index in [1.807, 2.05) is 0 Å². The maximum Gasteiger partial charge on any atom is 0.234 e. The zero-order valence-electron chi connectivity index (χ0n) is 17.3. The van der Waals surface area contributed by atoms with E-state index in [0.29, 0.717) is 12.0 Å². The van der Waals surface area contributed by atoms with E-state index in [-0.39, 0.29) is 16.9 Å². The summed E-state index contributed by atoms with van der Waals surface area (Å²) in [5.74, 6) is 0.157. The number of unbranched alkanes of at least 4 members (excludes halogenated alkanes) is 1. The summed E-state index contributed by atoms with van der Waals surface area (Å²) < 4.78 is 0. The Hall–Kier alpha value is -0.570. The van der Waals surface area contributed by atoms with Gasteiger partial charge in [-0.25, -0.2) is 0 Å². The fourth-order valence-corrected chi connectivity index (χ4v) is 3.14. The van der Waals surface area contributed by atoms with Crippen LogP contribution >= 0.6 is 0 Å². The second-order valence-corrected chi connectivity index (χ2v) is 10.1. The van der Waals surface area contributed by atoms with Gasteiger partial charge in [-0.05, 0) is 57.0 Å². The number of carbonyl (C=O) groups excluding carboxylic acids is 1. The number of carbonyl (C=O) groups is 1. The Morgan fingerprint density at radius 2 is 1.48 bits per heavy atom. The first-order valence-electron chi connectivity index (χ1n) is 9.27. The molecule has 0 spiro atoms. The average molecular weight is 327 g/mol. The number of hydrogen-bond donors (Lipinski definition) is 1. The summed E-state index contributed by atoms with van der Waals surface area (Å²) in [4.78, 5) is 14.8. The molecule has 3 heteroatoms. The lowest BCUT2D eigenvalue weighted by atomic mass is 9.82. The van der Waals surface area contributed by atoms with Crippen LogP contribution in [0.1, 0.15) is 88.0 Å². The number of rotatable bonds is 9. The van der Waals surface area contributed by atoms with Crippen LogP contribution in [0, 0.1) is 10.8 Å². The van der Waals surface area contributed by atoms with Crippen molar-refractivity contribution in [2.24, 2.45) is 10.8 Å². The van der Waals surface area contributed by atoms with Crippen molar-refractivity contribution >= 4 is 5.91 Å². The summed E-state index contributed by atoms with van der Waals surface area (Å²) in [6.07, 6.45) is 4.42. The summed E-state index contributed by atoms with van der Waals surface area (Å²) in [5.41, 5.74) is 0.368. The molecule has 0 aliphatic heterocycles. The number of nitrogens with one attached hydrogen (secondary N) is 1. The van der Waals surface area contributed by atoms with Crippen molar-refractivity contribution in [1.82, 2.24) is 10.2 Å². The number of amides is 1. The second kappa shape index (κ2) is 9.05. The van der Waals surface area contributed by atoms with Crippen molar-refractivity contribution in [3.05, 3.63) is 0 Å². The first-order chi connectivity index (χ1) is 10.2. The van der Waals surface area contributed by atoms with Gasteiger partial charge in [-0.2, -0.15) is 0 Å². The summed E-state index contributed by atoms with van der Waals surface area (Å²) in [5, 5.41) is 3.24. The molecular formula is C20H42N2O. The van der Waals surface area contributed by atoms with E-state index in [4.69, 9.17) is 0 Å². The van der Waals surface area contributed by atoms with Crippen LogP contribution in [-0.4, -0.2) is 36.0 Å². The van der Waals surface area contributed by atoms with Crippen LogP contribution in [0.15, 0.2) is 0 Å². The fraction of sp³-hybridized carbons (Fsp3) is 0.950. The predicted octanol–water partition coefficient (Wildman–Crippen LogP) is 4.86. The normalized spacial score (nSPS) is 13.5. The molecule has 0 radical (unpaired) electrons. The lowest BCUT2D eigenvalue weighted by Gasteiger charge is -2.34. The topological polar surface area (TPSA) is 32.3 Å². The molecule has 0 rings (SSSR count). The van der Waals surface area contributed by atoms with E-state index in [0.717, 1.165) is 32.4 Å². The van der Waals surface area contributed by atoms with Gasteiger partial charge in [0.2, 0.25) is 5.91 Å². The molecule has 0 atom stereocenters. The third-order valence-electron chi connectivity index (χ3n) is 3.82. The minimum absolute atomic E-state index is 0.157. The van der Waals surface area contributed by atoms with Gasteiger partial charge in [-0.1, -0.05) is 54.9 Å². The molecular weight excluding hydrogens is 284 g/mol. The van der Waals surface area contributed by atoms with Gasteiger partial charge in [0.15, 0.2) is 0 Å². The van der Waals surface area contributed by atoms with E-state index >= 15 is 0 Å². The summed E-state index contributed by atoms with van der Waals surface area (Å²) >= 11 is 0. The van der Waals surface area contributed by atoms with Crippen molar-refractivity contribution in [3.8, 4) is 0 Å². The zero-order valence-corrected chi connectivity index (χ0v) is 17.3. The van der Waals surface area contributed by atoms with E-state index in [1.54, 1.807) is 0 Å². The van der Waals surface area contributed by atoms with Gasteiger partial charge in [-0.3, -0.25) is 9.69 Å². The molecule has 1 amide bonds. The Bertz CT molecular complexity index is 348. The van der Waals surface area contributed by atoms with Crippen molar-refractivity contribution in [3.63, 3.8) is 0 Å². The number of hydrogen-bond acceptors (Lipinski definition) is 2. The molecule has 0 aromatic heterocycles. The van der Waals surface area contributed by atoms with Crippen LogP contribution in [0.4, 0.5) is 0 Å². The third kappa shape index (κ3) is 13.6. The molecule has 0 aromatic rings. The van der Waals surface area contributed by atoms with Gasteiger partial charge in [-0.15, -0.1) is 0 Å². The molecule has 0 saturated heterocycles. The average Bonchev–Trinajstić information content (AvgIpc) is 2.27. The summed E-state index contributed by atoms with van der Waals surface area (Å²) in [7, 11) is 0. The maximum absolute atomic E-state index is 12.5. The van der Waals surface area contributed by atoms with E-state index in [1.165, 1.54) is 6.42 Å². The Balaban J connectivity index is 4.57. The van der Waals surface area contributed by atoms with Gasteiger partial charge in [0.1, 0.15) is 0 Å². The van der Waals surface area contributed by atoms with Crippen LogP contribution < -0.4 is 5.32 Å². The van der Waals surface area contributed by atoms with Gasteiger partial charge in [0, 0.05) is 5.54 Å². The quantitative estimate of drug-likeness (QED) is 0.656. The summed E-state index contributed by atoms with van der Waals surface area (Å²) in [6.45, 7) is 22.4. The van der Waals surface area contributed by atoms with Gasteiger partial charge < -0.3 is 5.32 Å². The lowest BCUT2D eigenvalue weighted by Crippen LogP contribution is -2.49. The minimum atomic E-state index is -0.157. The highest BCUT2D eigenvalue weighted by atomic mass is 16.2. The zero-order chi connectivity index (χ0) is 18.3. The SMILES string of the molecule is CCCCN(CCC(C)(C)C)CC(=O)NC(C)(C)CC(C)(C)C. The van der Waals surface area contributed by atoms with Crippen molar-refractivity contribution in [1.29, 1.82) is 0 Å². The molecule has 0 aliphatic rings. The van der Waals surface area contributed by atoms with Gasteiger partial charge in [0.05, 0.1) is 6.54 Å². The molecule has 23 heavy (non-hydrogen) atoms. The Morgan fingerprint density at radius 1 is 0.913 bits per heavy atom. The van der Waals surface area contributed by atoms with Crippen LogP contribution in [0.2, 0.25) is 0 Å². The van der Waals surface area contributed by atoms with E-state index in [9.17, 15) is 4.79 Å². The molecule has 0 aliphatic carbocycles. The molecule has 0 fully saturated rings. The van der Waals surface area contributed by atoms with Crippen LogP contribution in [0.5, 0.6) is 0 Å². The number of nitrogens with zero attached hydrogens (tertiary/aromatic N) is 1. The van der Waals surface area contributed by atoms with Crippen molar-refractivity contribution < 1.29 is 4.79 Å². The van der Waals surface area contributed by atoms with Crippen LogP contribution in [0.25, 0.3) is 0 Å². The molecule has 3 nitrogen and oxygen atoms in total. The summed E-state index contributed by atoms with van der Waals surface area (Å²) in [6, 6.07) is 0. The van der Waals surface area contributed by atoms with Gasteiger partial charge in [0.25, 0.3) is 0 Å². The van der Waals surface area contributed by atoms with E-state index in [2.05, 4.69) is 72.5 Å². The van der Waals surface area contributed by atoms with Crippen LogP contribution in [-0.2, 0) is 4.79 Å². The smallest absolute Gasteiger partial charge is 0.234 e. The molecule has 0 bridgehead atoms. The lowest BCUT2D eigenvalue weighted by molar-refractivity contribution is -0.124. The highest BCUT2D eigenvalue weighted by Gasteiger charge is 2.27. The minimum Gasteiger partial charge on any atom is -0.350 e. The highest BCUT2D eigenvalue weighted by molar-refractivity contribution is 5.78. The maximum atomic E-state index is 12.5. The highest BCUT2D eigenvalue weighted by Crippen LogP contribution is 2.26. The Kier molecular flexibility index (Phi) is 8.83. The van der Waals surface area contributed by atoms with E-state index < -0.39 is 0 Å². The largest absolute Gasteiger partial charge is 0.350 e. The first kappa shape index (κ1) is 22.4. The molecule has 0 saturated carbocycles. The molecule has 0 aromatic carbocycles. The second-order valence-electron chi connectivity index (χ2n) is 10.1. The van der Waals surface area contributed by atoms with Crippen LogP contribution in [0.3, 0.4) is 0 Å². The molecule has 0 heterocycles. The molecule has 138 valence electrons. The monoisotopic (exact) mass is 326 g/mol. The predicted molar refractivity (Wildman–Crippen MR) is 102 cm³/mol. The Morgan fingerprint density at radius 3 is 1.91 bits per heavy atom. The van der Waals surface area contributed by atoms with Crippen molar-refractivity contribution in [2.75, 3.05) is 19.6 Å². The molecule has 0 unspecified atom stereocenters. The molecule has 1 N–H and O–H groups in total. The van der Waals surface area contributed by atoms with Gasteiger partial charge >= 0.3 is 0 Å². The first-order valence-corrected chi connectivity index (χ1v) is 9.27. The standard InChI is InChI=1S/C20H42N2O/c1-10-11-13-22(14-12-18(2,3)4)15-17(23)21-20(8,9)16-19(5,6)7/h10-16H2,1-9H3,(H,21,23). The van der Waals surface area contributed by atoms with Crippen molar-refractivity contribution in [2.45, 2.75) is 93.5 Å². The fourth-order valence-electron chi connectivity index (χ4n) is 3.14.